The van der Waals surface area contributed by atoms with Crippen LogP contribution in [-0.4, -0.2) is 15.5 Å². The molecule has 0 unspecified atom stereocenters. The summed E-state index contributed by atoms with van der Waals surface area (Å²) in [6, 6.07) is 7.57. The first-order chi connectivity index (χ1) is 4.33. The molecule has 0 fully saturated rings. The van der Waals surface area contributed by atoms with Crippen molar-refractivity contribution in [1.29, 1.82) is 0 Å². The number of hydrogen-bond acceptors (Lipinski definition) is 2. The number of methoxy groups -OCH3 is 1. The Kier molecular flexibility index (Phi) is 4.04. The smallest absolute Gasteiger partial charge is 0.119 e. The number of thiol groups is 1. The summed E-state index contributed by atoms with van der Waals surface area (Å²) < 4.78 is 4.95. The monoisotopic (exact) mass is 154 g/mol. The maximum atomic E-state index is 4.95. The van der Waals surface area contributed by atoms with Crippen LogP contribution in [0.5, 0.6) is 5.75 Å². The molecule has 10 heavy (non-hydrogen) atoms. The molecule has 1 rings (SSSR count). The van der Waals surface area contributed by atoms with Crippen molar-refractivity contribution in [2.45, 2.75) is 4.90 Å². The van der Waals surface area contributed by atoms with Crippen LogP contribution in [0.15, 0.2) is 29.2 Å². The van der Waals surface area contributed by atoms with Crippen LogP contribution in [0.4, 0.5) is 0 Å². The third kappa shape index (κ3) is 2.35. The van der Waals surface area contributed by atoms with Gasteiger partial charge in [-0.3, -0.25) is 0 Å². The Morgan fingerprint density at radius 3 is 2.50 bits per heavy atom. The fourth-order valence-corrected chi connectivity index (χ4v) is 0.824. The van der Waals surface area contributed by atoms with Crippen molar-refractivity contribution in [3.63, 3.8) is 0 Å². The van der Waals surface area contributed by atoms with Gasteiger partial charge in [-0.25, -0.2) is 0 Å². The molecule has 0 saturated carbocycles. The maximum absolute atomic E-state index is 4.95. The Labute approximate surface area is 68.4 Å². The zero-order valence-electron chi connectivity index (χ0n) is 5.16. The Balaban J connectivity index is 0.000000810. The quantitative estimate of drug-likeness (QED) is 0.465. The molecule has 0 saturated heterocycles. The second-order valence-electron chi connectivity index (χ2n) is 1.70. The van der Waals surface area contributed by atoms with Crippen LogP contribution in [0.1, 0.15) is 0 Å². The maximum Gasteiger partial charge on any atom is 0.119 e. The van der Waals surface area contributed by atoms with Crippen molar-refractivity contribution in [1.82, 2.24) is 0 Å². The Hall–Kier alpha value is -0.565. The highest BCUT2D eigenvalue weighted by molar-refractivity contribution is 7.80. The first-order valence-corrected chi connectivity index (χ1v) is 3.10. The van der Waals surface area contributed by atoms with Gasteiger partial charge in [0.25, 0.3) is 0 Å². The molecule has 0 aliphatic heterocycles. The Morgan fingerprint density at radius 1 is 1.40 bits per heavy atom. The van der Waals surface area contributed by atoms with E-state index in [0.717, 1.165) is 10.6 Å². The van der Waals surface area contributed by atoms with Crippen molar-refractivity contribution in [2.24, 2.45) is 0 Å². The van der Waals surface area contributed by atoms with Gasteiger partial charge in [-0.15, -0.1) is 12.6 Å². The summed E-state index contributed by atoms with van der Waals surface area (Å²) in [7, 11) is 1.64. The molecule has 1 nitrogen and oxygen atoms in total. The van der Waals surface area contributed by atoms with Crippen molar-refractivity contribution in [3.05, 3.63) is 24.3 Å². The van der Waals surface area contributed by atoms with E-state index in [1.807, 2.05) is 24.3 Å². The van der Waals surface area contributed by atoms with E-state index in [0.29, 0.717) is 0 Å². The standard InChI is InChI=1S/C7H8OS.BH3/c1-8-6-3-2-4-7(9)5-6;/h2-5,9H,1H3;1H3. The van der Waals surface area contributed by atoms with Crippen LogP contribution in [0.3, 0.4) is 0 Å². The van der Waals surface area contributed by atoms with E-state index in [1.54, 1.807) is 7.11 Å². The Morgan fingerprint density at radius 2 is 2.10 bits per heavy atom. The molecule has 3 heteroatoms. The normalized spacial score (nSPS) is 8.20. The molecule has 0 aliphatic carbocycles. The van der Waals surface area contributed by atoms with Gasteiger partial charge in [0.1, 0.15) is 5.75 Å². The molecule has 1 aromatic carbocycles. The summed E-state index contributed by atoms with van der Waals surface area (Å²) in [5.41, 5.74) is 0. The molecule has 0 aliphatic rings. The molecule has 54 valence electrons. The molecular formula is C7H11BOS. The summed E-state index contributed by atoms with van der Waals surface area (Å²) in [4.78, 5) is 0.925. The van der Waals surface area contributed by atoms with Crippen molar-refractivity contribution >= 4 is 21.0 Å². The average Bonchev–Trinajstić information content (AvgIpc) is 1.88. The van der Waals surface area contributed by atoms with Gasteiger partial charge in [-0.2, -0.15) is 0 Å². The van der Waals surface area contributed by atoms with E-state index in [1.165, 1.54) is 0 Å². The van der Waals surface area contributed by atoms with Crippen molar-refractivity contribution in [2.75, 3.05) is 7.11 Å². The van der Waals surface area contributed by atoms with E-state index in [9.17, 15) is 0 Å². The lowest BCUT2D eigenvalue weighted by atomic mass is 10.3. The van der Waals surface area contributed by atoms with E-state index in [2.05, 4.69) is 12.6 Å². The Bertz CT molecular complexity index is 203. The van der Waals surface area contributed by atoms with Crippen molar-refractivity contribution < 1.29 is 4.74 Å². The van der Waals surface area contributed by atoms with E-state index in [4.69, 9.17) is 4.74 Å². The molecule has 0 amide bonds. The molecule has 0 radical (unpaired) electrons. The summed E-state index contributed by atoms with van der Waals surface area (Å²) in [6.45, 7) is 0. The first kappa shape index (κ1) is 9.43. The molecule has 0 spiro atoms. The number of ether oxygens (including phenoxy) is 1. The van der Waals surface area contributed by atoms with Crippen LogP contribution in [0.25, 0.3) is 0 Å². The van der Waals surface area contributed by atoms with Crippen molar-refractivity contribution in [3.8, 4) is 5.75 Å². The first-order valence-electron chi connectivity index (χ1n) is 2.66. The lowest BCUT2D eigenvalue weighted by molar-refractivity contribution is 0.413. The molecule has 0 aromatic heterocycles. The third-order valence-corrected chi connectivity index (χ3v) is 1.33. The van der Waals surface area contributed by atoms with Gasteiger partial charge in [0.05, 0.1) is 15.5 Å². The van der Waals surface area contributed by atoms with Gasteiger partial charge in [-0.1, -0.05) is 6.07 Å². The molecule has 1 aromatic rings. The van der Waals surface area contributed by atoms with E-state index < -0.39 is 0 Å². The minimum absolute atomic E-state index is 0. The fraction of sp³-hybridized carbons (Fsp3) is 0.143. The molecular weight excluding hydrogens is 143 g/mol. The second kappa shape index (κ2) is 4.28. The zero-order valence-corrected chi connectivity index (χ0v) is 6.06. The molecule has 0 N–H and O–H groups in total. The van der Waals surface area contributed by atoms with Gasteiger partial charge >= 0.3 is 0 Å². The van der Waals surface area contributed by atoms with Crippen LogP contribution in [-0.2, 0) is 0 Å². The molecule has 0 bridgehead atoms. The van der Waals surface area contributed by atoms with Gasteiger partial charge < -0.3 is 4.74 Å². The van der Waals surface area contributed by atoms with Crippen LogP contribution in [0.2, 0.25) is 0 Å². The SMILES string of the molecule is B.COc1cccc(S)c1. The topological polar surface area (TPSA) is 9.23 Å². The van der Waals surface area contributed by atoms with Gasteiger partial charge in [-0.05, 0) is 18.2 Å². The van der Waals surface area contributed by atoms with E-state index >= 15 is 0 Å². The van der Waals surface area contributed by atoms with Crippen LogP contribution >= 0.6 is 12.6 Å². The number of benzene rings is 1. The molecule has 0 atom stereocenters. The summed E-state index contributed by atoms with van der Waals surface area (Å²) in [6.07, 6.45) is 0. The largest absolute Gasteiger partial charge is 0.497 e. The van der Waals surface area contributed by atoms with Crippen LogP contribution in [0, 0.1) is 0 Å². The van der Waals surface area contributed by atoms with E-state index in [-0.39, 0.29) is 8.41 Å². The number of hydrogen-bond donors (Lipinski definition) is 1. The lowest BCUT2D eigenvalue weighted by Crippen LogP contribution is -1.80. The zero-order chi connectivity index (χ0) is 6.69. The minimum Gasteiger partial charge on any atom is -0.497 e. The fourth-order valence-electron chi connectivity index (χ4n) is 0.610. The van der Waals surface area contributed by atoms with Crippen LogP contribution < -0.4 is 4.74 Å². The predicted molar refractivity (Wildman–Crippen MR) is 50.2 cm³/mol. The number of rotatable bonds is 1. The van der Waals surface area contributed by atoms with Gasteiger partial charge in [0.15, 0.2) is 0 Å². The second-order valence-corrected chi connectivity index (χ2v) is 2.22. The minimum atomic E-state index is 0. The van der Waals surface area contributed by atoms with Gasteiger partial charge in [0.2, 0.25) is 0 Å². The highest BCUT2D eigenvalue weighted by atomic mass is 32.1. The highest BCUT2D eigenvalue weighted by Crippen LogP contribution is 2.14. The summed E-state index contributed by atoms with van der Waals surface area (Å²) in [5, 5.41) is 0. The van der Waals surface area contributed by atoms with Gasteiger partial charge in [0, 0.05) is 4.90 Å². The lowest BCUT2D eigenvalue weighted by Gasteiger charge is -1.97. The third-order valence-electron chi connectivity index (χ3n) is 1.05. The predicted octanol–water partition coefficient (Wildman–Crippen LogP) is 0.800. The average molecular weight is 154 g/mol. The summed E-state index contributed by atoms with van der Waals surface area (Å²) in [5.74, 6) is 0.850. The highest BCUT2D eigenvalue weighted by Gasteiger charge is 1.87. The summed E-state index contributed by atoms with van der Waals surface area (Å²) >= 11 is 4.13. The molecule has 0 heterocycles.